The number of hydrogen-bond acceptors (Lipinski definition) is 4. The van der Waals surface area contributed by atoms with Crippen molar-refractivity contribution in [1.29, 1.82) is 0 Å². The lowest BCUT2D eigenvalue weighted by molar-refractivity contribution is -0.139. The summed E-state index contributed by atoms with van der Waals surface area (Å²) in [5, 5.41) is 0.554. The minimum Gasteiger partial charge on any atom is -0.480 e. The van der Waals surface area contributed by atoms with Crippen LogP contribution < -0.4 is 9.64 Å². The van der Waals surface area contributed by atoms with Crippen molar-refractivity contribution >= 4 is 23.2 Å². The SMILES string of the molecule is COc1nc(N(C)c2ccc(Cl)cc2)ncc1C(F)(F)F. The number of halogens is 4. The normalized spacial score (nSPS) is 11.3. The van der Waals surface area contributed by atoms with Crippen molar-refractivity contribution in [3.05, 3.63) is 41.0 Å². The zero-order valence-corrected chi connectivity index (χ0v) is 11.9. The number of anilines is 2. The summed E-state index contributed by atoms with van der Waals surface area (Å²) < 4.78 is 42.9. The van der Waals surface area contributed by atoms with Gasteiger partial charge in [-0.15, -0.1) is 0 Å². The molecule has 0 aliphatic carbocycles. The highest BCUT2D eigenvalue weighted by Crippen LogP contribution is 2.35. The molecule has 0 radical (unpaired) electrons. The monoisotopic (exact) mass is 317 g/mol. The van der Waals surface area contributed by atoms with Crippen LogP contribution in [0.4, 0.5) is 24.8 Å². The van der Waals surface area contributed by atoms with Crippen molar-refractivity contribution in [2.24, 2.45) is 0 Å². The topological polar surface area (TPSA) is 38.2 Å². The van der Waals surface area contributed by atoms with Gasteiger partial charge in [-0.1, -0.05) is 11.6 Å². The van der Waals surface area contributed by atoms with Crippen molar-refractivity contribution in [3.8, 4) is 5.88 Å². The highest BCUT2D eigenvalue weighted by Gasteiger charge is 2.36. The van der Waals surface area contributed by atoms with Crippen LogP contribution >= 0.6 is 11.6 Å². The van der Waals surface area contributed by atoms with Crippen LogP contribution in [0.1, 0.15) is 5.56 Å². The summed E-state index contributed by atoms with van der Waals surface area (Å²) in [5.41, 5.74) is -0.334. The molecule has 21 heavy (non-hydrogen) atoms. The number of aromatic nitrogens is 2. The van der Waals surface area contributed by atoms with Gasteiger partial charge in [0.1, 0.15) is 5.56 Å². The van der Waals surface area contributed by atoms with Gasteiger partial charge in [-0.3, -0.25) is 0 Å². The molecule has 0 amide bonds. The van der Waals surface area contributed by atoms with E-state index in [2.05, 4.69) is 9.97 Å². The second-order valence-electron chi connectivity index (χ2n) is 4.13. The molecule has 0 aliphatic rings. The van der Waals surface area contributed by atoms with Gasteiger partial charge in [-0.2, -0.15) is 18.2 Å². The van der Waals surface area contributed by atoms with E-state index in [4.69, 9.17) is 16.3 Å². The van der Waals surface area contributed by atoms with E-state index in [9.17, 15) is 13.2 Å². The molecule has 4 nitrogen and oxygen atoms in total. The minimum absolute atomic E-state index is 0.0853. The largest absolute Gasteiger partial charge is 0.480 e. The van der Waals surface area contributed by atoms with Gasteiger partial charge in [0.15, 0.2) is 0 Å². The van der Waals surface area contributed by atoms with Gasteiger partial charge in [-0.05, 0) is 24.3 Å². The van der Waals surface area contributed by atoms with Gasteiger partial charge in [0.2, 0.25) is 11.8 Å². The summed E-state index contributed by atoms with van der Waals surface area (Å²) in [4.78, 5) is 9.06. The number of benzene rings is 1. The molecule has 112 valence electrons. The molecule has 2 aromatic rings. The first-order chi connectivity index (χ1) is 9.82. The average molecular weight is 318 g/mol. The van der Waals surface area contributed by atoms with Crippen molar-refractivity contribution in [2.75, 3.05) is 19.1 Å². The first-order valence-corrected chi connectivity index (χ1v) is 6.18. The van der Waals surface area contributed by atoms with Crippen LogP contribution in [0.2, 0.25) is 5.02 Å². The summed E-state index contributed by atoms with van der Waals surface area (Å²) >= 11 is 5.79. The predicted molar refractivity (Wildman–Crippen MR) is 73.1 cm³/mol. The Balaban J connectivity index is 2.38. The number of rotatable bonds is 3. The number of alkyl halides is 3. The van der Waals surface area contributed by atoms with Gasteiger partial charge >= 0.3 is 6.18 Å². The summed E-state index contributed by atoms with van der Waals surface area (Å²) in [7, 11) is 2.76. The van der Waals surface area contributed by atoms with Crippen molar-refractivity contribution in [1.82, 2.24) is 9.97 Å². The number of nitrogens with zero attached hydrogens (tertiary/aromatic N) is 3. The van der Waals surface area contributed by atoms with Crippen LogP contribution in [-0.4, -0.2) is 24.1 Å². The van der Waals surface area contributed by atoms with Crippen molar-refractivity contribution in [2.45, 2.75) is 6.18 Å². The zero-order valence-electron chi connectivity index (χ0n) is 11.1. The second kappa shape index (κ2) is 5.77. The van der Waals surface area contributed by atoms with E-state index >= 15 is 0 Å². The highest BCUT2D eigenvalue weighted by atomic mass is 35.5. The van der Waals surface area contributed by atoms with E-state index in [1.807, 2.05) is 0 Å². The smallest absolute Gasteiger partial charge is 0.423 e. The van der Waals surface area contributed by atoms with Gasteiger partial charge < -0.3 is 9.64 Å². The van der Waals surface area contributed by atoms with E-state index in [-0.39, 0.29) is 5.95 Å². The van der Waals surface area contributed by atoms with Crippen LogP contribution in [0.3, 0.4) is 0 Å². The van der Waals surface area contributed by atoms with E-state index < -0.39 is 17.6 Å². The van der Waals surface area contributed by atoms with Gasteiger partial charge in [0.05, 0.1) is 7.11 Å². The first kappa shape index (κ1) is 15.4. The summed E-state index contributed by atoms with van der Waals surface area (Å²) in [6.45, 7) is 0. The molecule has 0 bridgehead atoms. The lowest BCUT2D eigenvalue weighted by Crippen LogP contribution is -2.16. The summed E-state index contributed by atoms with van der Waals surface area (Å²) in [6, 6.07) is 6.73. The molecule has 0 atom stereocenters. The third kappa shape index (κ3) is 3.36. The standard InChI is InChI=1S/C13H11ClF3N3O/c1-20(9-5-3-8(14)4-6-9)12-18-7-10(13(15,16)17)11(19-12)21-2/h3-7H,1-2H3. The zero-order chi connectivity index (χ0) is 15.6. The molecular weight excluding hydrogens is 307 g/mol. The molecule has 1 aromatic carbocycles. The Bertz CT molecular complexity index is 632. The highest BCUT2D eigenvalue weighted by molar-refractivity contribution is 6.30. The molecule has 0 N–H and O–H groups in total. The van der Waals surface area contributed by atoms with Gasteiger partial charge in [0.25, 0.3) is 0 Å². The quantitative estimate of drug-likeness (QED) is 0.860. The van der Waals surface area contributed by atoms with Gasteiger partial charge in [0, 0.05) is 24.0 Å². The fourth-order valence-corrected chi connectivity index (χ4v) is 1.78. The maximum absolute atomic E-state index is 12.7. The minimum atomic E-state index is -4.57. The number of methoxy groups -OCH3 is 1. The molecule has 0 unspecified atom stereocenters. The lowest BCUT2D eigenvalue weighted by atomic mass is 10.3. The molecular formula is C13H11ClF3N3O. The molecule has 0 saturated carbocycles. The molecule has 0 saturated heterocycles. The van der Waals surface area contributed by atoms with E-state index in [1.165, 1.54) is 4.90 Å². The van der Waals surface area contributed by atoms with E-state index in [0.29, 0.717) is 16.9 Å². The molecule has 0 fully saturated rings. The predicted octanol–water partition coefficient (Wildman–Crippen LogP) is 3.93. The van der Waals surface area contributed by atoms with E-state index in [0.717, 1.165) is 7.11 Å². The van der Waals surface area contributed by atoms with E-state index in [1.54, 1.807) is 31.3 Å². The van der Waals surface area contributed by atoms with Crippen LogP contribution in [0.5, 0.6) is 5.88 Å². The Labute approximate surface area is 124 Å². The van der Waals surface area contributed by atoms with Crippen LogP contribution in [0.15, 0.2) is 30.5 Å². The average Bonchev–Trinajstić information content (AvgIpc) is 2.45. The molecule has 1 aromatic heterocycles. The van der Waals surface area contributed by atoms with Crippen molar-refractivity contribution in [3.63, 3.8) is 0 Å². The summed E-state index contributed by atoms with van der Waals surface area (Å²) in [5.74, 6) is -0.435. The Morgan fingerprint density at radius 3 is 2.33 bits per heavy atom. The molecule has 0 spiro atoms. The fourth-order valence-electron chi connectivity index (χ4n) is 1.65. The fraction of sp³-hybridized carbons (Fsp3) is 0.231. The molecule has 1 heterocycles. The Kier molecular flexibility index (Phi) is 4.22. The molecule has 2 rings (SSSR count). The Morgan fingerprint density at radius 2 is 1.81 bits per heavy atom. The van der Waals surface area contributed by atoms with Crippen LogP contribution in [0.25, 0.3) is 0 Å². The second-order valence-corrected chi connectivity index (χ2v) is 4.56. The Morgan fingerprint density at radius 1 is 1.19 bits per heavy atom. The summed E-state index contributed by atoms with van der Waals surface area (Å²) in [6.07, 6.45) is -3.86. The Hall–Kier alpha value is -2.02. The first-order valence-electron chi connectivity index (χ1n) is 5.80. The maximum atomic E-state index is 12.7. The molecule has 0 aliphatic heterocycles. The number of ether oxygens (including phenoxy) is 1. The lowest BCUT2D eigenvalue weighted by Gasteiger charge is -2.19. The number of hydrogen-bond donors (Lipinski definition) is 0. The van der Waals surface area contributed by atoms with Crippen molar-refractivity contribution < 1.29 is 17.9 Å². The van der Waals surface area contributed by atoms with Crippen LogP contribution in [0, 0.1) is 0 Å². The van der Waals surface area contributed by atoms with Gasteiger partial charge in [-0.25, -0.2) is 4.98 Å². The third-order valence-corrected chi connectivity index (χ3v) is 3.01. The molecule has 8 heteroatoms. The third-order valence-electron chi connectivity index (χ3n) is 2.75. The maximum Gasteiger partial charge on any atom is 0.423 e. The van der Waals surface area contributed by atoms with Crippen LogP contribution in [-0.2, 0) is 6.18 Å².